The number of hydrogen-bond acceptors (Lipinski definition) is 3. The molecule has 0 bridgehead atoms. The van der Waals surface area contributed by atoms with Gasteiger partial charge in [0.25, 0.3) is 0 Å². The molecule has 0 amide bonds. The second kappa shape index (κ2) is 6.67. The van der Waals surface area contributed by atoms with Crippen molar-refractivity contribution in [3.63, 3.8) is 0 Å². The smallest absolute Gasteiger partial charge is 0.218 e. The zero-order valence-electron chi connectivity index (χ0n) is 17.8. The number of hydrogen-bond donors (Lipinski definition) is 1. The Hall–Kier alpha value is -1.25. The van der Waals surface area contributed by atoms with Gasteiger partial charge in [0, 0.05) is 17.4 Å². The van der Waals surface area contributed by atoms with Crippen LogP contribution in [0, 0.1) is 17.8 Å². The van der Waals surface area contributed by atoms with Gasteiger partial charge in [0.15, 0.2) is 0 Å². The predicted molar refractivity (Wildman–Crippen MR) is 109 cm³/mol. The van der Waals surface area contributed by atoms with Crippen molar-refractivity contribution in [1.29, 1.82) is 0 Å². The lowest BCUT2D eigenvalue weighted by molar-refractivity contribution is -0.0151. The molecule has 3 atom stereocenters. The van der Waals surface area contributed by atoms with Gasteiger partial charge in [0.2, 0.25) is 5.88 Å². The van der Waals surface area contributed by atoms with Gasteiger partial charge in [0.1, 0.15) is 11.4 Å². The van der Waals surface area contributed by atoms with E-state index in [9.17, 15) is 5.11 Å². The van der Waals surface area contributed by atoms with E-state index in [0.29, 0.717) is 23.7 Å². The highest BCUT2D eigenvalue weighted by molar-refractivity contribution is 5.48. The molecule has 0 saturated heterocycles. The van der Waals surface area contributed by atoms with Crippen LogP contribution >= 0.6 is 0 Å². The third-order valence-electron chi connectivity index (χ3n) is 8.04. The topological polar surface area (TPSA) is 42.4 Å². The number of ether oxygens (including phenoxy) is 1. The van der Waals surface area contributed by atoms with Gasteiger partial charge in [-0.2, -0.15) is 0 Å². The van der Waals surface area contributed by atoms with Gasteiger partial charge in [0.05, 0.1) is 11.3 Å². The number of aromatic hydroxyl groups is 1. The molecule has 150 valence electrons. The summed E-state index contributed by atoms with van der Waals surface area (Å²) < 4.78 is 6.53. The summed E-state index contributed by atoms with van der Waals surface area (Å²) in [5.74, 6) is 3.28. The van der Waals surface area contributed by atoms with Crippen molar-refractivity contribution < 1.29 is 9.84 Å². The van der Waals surface area contributed by atoms with E-state index in [1.165, 1.54) is 44.9 Å². The predicted octanol–water partition coefficient (Wildman–Crippen LogP) is 6.34. The molecule has 0 aromatic carbocycles. The standard InChI is InChI=1S/C24H37NO2/c1-15-11-12-18-17(13-15)21-19(27-24(18,4)5)14-20(25-22(21)26)23(2,3)16-9-7-6-8-10-16/h14-18H,6-13H2,1-5H3,(H,25,26)/t15-,17?,18?/m0/s1. The Balaban J connectivity index is 1.74. The van der Waals surface area contributed by atoms with Crippen molar-refractivity contribution in [2.75, 3.05) is 0 Å². The summed E-state index contributed by atoms with van der Waals surface area (Å²) in [6, 6.07) is 2.17. The summed E-state index contributed by atoms with van der Waals surface area (Å²) in [7, 11) is 0. The highest BCUT2D eigenvalue weighted by atomic mass is 16.5. The molecule has 2 aliphatic carbocycles. The maximum absolute atomic E-state index is 11.0. The van der Waals surface area contributed by atoms with E-state index in [4.69, 9.17) is 9.72 Å². The summed E-state index contributed by atoms with van der Waals surface area (Å²) >= 11 is 0. The molecule has 2 unspecified atom stereocenters. The van der Waals surface area contributed by atoms with Crippen molar-refractivity contribution in [2.45, 2.75) is 103 Å². The molecule has 1 aliphatic heterocycles. The normalized spacial score (nSPS) is 30.9. The summed E-state index contributed by atoms with van der Waals surface area (Å²) in [5, 5.41) is 11.0. The Bertz CT molecular complexity index is 703. The Labute approximate surface area is 164 Å². The van der Waals surface area contributed by atoms with Crippen LogP contribution < -0.4 is 4.74 Å². The van der Waals surface area contributed by atoms with Crippen LogP contribution in [-0.4, -0.2) is 15.7 Å². The van der Waals surface area contributed by atoms with Gasteiger partial charge in [-0.3, -0.25) is 0 Å². The van der Waals surface area contributed by atoms with Crippen molar-refractivity contribution >= 4 is 0 Å². The highest BCUT2D eigenvalue weighted by Crippen LogP contribution is 2.55. The maximum atomic E-state index is 11.0. The van der Waals surface area contributed by atoms with E-state index in [1.807, 2.05) is 0 Å². The lowest BCUT2D eigenvalue weighted by atomic mass is 9.64. The molecular weight excluding hydrogens is 334 g/mol. The SMILES string of the molecule is C[C@H]1CCC2C(C1)c1c(cc(C(C)(C)C3CCCCC3)nc1O)OC2(C)C. The first-order chi connectivity index (χ1) is 12.7. The van der Waals surface area contributed by atoms with Crippen LogP contribution in [0.15, 0.2) is 6.07 Å². The minimum Gasteiger partial charge on any atom is -0.493 e. The fourth-order valence-corrected chi connectivity index (χ4v) is 6.21. The molecule has 1 N–H and O–H groups in total. The summed E-state index contributed by atoms with van der Waals surface area (Å²) in [5.41, 5.74) is 1.77. The Morgan fingerprint density at radius 3 is 2.52 bits per heavy atom. The molecular formula is C24H37NO2. The Morgan fingerprint density at radius 2 is 1.81 bits per heavy atom. The molecule has 1 aromatic rings. The number of fused-ring (bicyclic) bond motifs is 3. The molecule has 2 heterocycles. The molecule has 4 rings (SSSR count). The first kappa shape index (κ1) is 19.1. The first-order valence-corrected chi connectivity index (χ1v) is 11.1. The fourth-order valence-electron chi connectivity index (χ4n) is 6.21. The quantitative estimate of drug-likeness (QED) is 0.660. The number of pyridine rings is 1. The van der Waals surface area contributed by atoms with Gasteiger partial charge in [-0.05, 0) is 57.3 Å². The maximum Gasteiger partial charge on any atom is 0.218 e. The van der Waals surface area contributed by atoms with Crippen LogP contribution in [0.5, 0.6) is 11.6 Å². The molecule has 3 aliphatic rings. The zero-order valence-corrected chi connectivity index (χ0v) is 17.8. The molecule has 2 fully saturated rings. The lowest BCUT2D eigenvalue weighted by Crippen LogP contribution is -2.47. The van der Waals surface area contributed by atoms with Crippen molar-refractivity contribution in [2.24, 2.45) is 17.8 Å². The average molecular weight is 372 g/mol. The zero-order chi connectivity index (χ0) is 19.4. The minimum atomic E-state index is -0.183. The van der Waals surface area contributed by atoms with E-state index in [-0.39, 0.29) is 16.9 Å². The van der Waals surface area contributed by atoms with Crippen LogP contribution in [-0.2, 0) is 5.41 Å². The van der Waals surface area contributed by atoms with E-state index in [2.05, 4.69) is 40.7 Å². The molecule has 27 heavy (non-hydrogen) atoms. The third kappa shape index (κ3) is 3.25. The van der Waals surface area contributed by atoms with Gasteiger partial charge in [-0.1, -0.05) is 46.5 Å². The van der Waals surface area contributed by atoms with Crippen molar-refractivity contribution in [1.82, 2.24) is 4.98 Å². The lowest BCUT2D eigenvalue weighted by Gasteiger charge is -2.49. The van der Waals surface area contributed by atoms with Crippen molar-refractivity contribution in [3.05, 3.63) is 17.3 Å². The minimum absolute atomic E-state index is 0.0306. The first-order valence-electron chi connectivity index (χ1n) is 11.1. The van der Waals surface area contributed by atoms with Gasteiger partial charge < -0.3 is 9.84 Å². The summed E-state index contributed by atoms with van der Waals surface area (Å²) in [6.07, 6.45) is 10.1. The van der Waals surface area contributed by atoms with Crippen LogP contribution in [0.2, 0.25) is 0 Å². The van der Waals surface area contributed by atoms with E-state index < -0.39 is 0 Å². The largest absolute Gasteiger partial charge is 0.493 e. The van der Waals surface area contributed by atoms with Crippen molar-refractivity contribution in [3.8, 4) is 11.6 Å². The molecule has 0 radical (unpaired) electrons. The van der Waals surface area contributed by atoms with Crippen LogP contribution in [0.4, 0.5) is 0 Å². The molecule has 1 aromatic heterocycles. The number of aromatic nitrogens is 1. The molecule has 2 saturated carbocycles. The van der Waals surface area contributed by atoms with Gasteiger partial charge in [-0.25, -0.2) is 4.98 Å². The number of nitrogens with zero attached hydrogens (tertiary/aromatic N) is 1. The molecule has 3 nitrogen and oxygen atoms in total. The summed E-state index contributed by atoms with van der Waals surface area (Å²) in [6.45, 7) is 11.4. The van der Waals surface area contributed by atoms with E-state index >= 15 is 0 Å². The highest BCUT2D eigenvalue weighted by Gasteiger charge is 2.48. The number of rotatable bonds is 2. The summed E-state index contributed by atoms with van der Waals surface area (Å²) in [4.78, 5) is 4.77. The third-order valence-corrected chi connectivity index (χ3v) is 8.04. The Morgan fingerprint density at radius 1 is 1.11 bits per heavy atom. The molecule has 0 spiro atoms. The Kier molecular flexibility index (Phi) is 4.71. The second-order valence-electron chi connectivity index (χ2n) is 10.6. The van der Waals surface area contributed by atoms with Gasteiger partial charge >= 0.3 is 0 Å². The molecule has 3 heteroatoms. The van der Waals surface area contributed by atoms with E-state index in [0.717, 1.165) is 23.4 Å². The fraction of sp³-hybridized carbons (Fsp3) is 0.792. The van der Waals surface area contributed by atoms with Crippen LogP contribution in [0.25, 0.3) is 0 Å². The average Bonchev–Trinajstić information content (AvgIpc) is 2.61. The van der Waals surface area contributed by atoms with Crippen LogP contribution in [0.3, 0.4) is 0 Å². The van der Waals surface area contributed by atoms with E-state index in [1.54, 1.807) is 0 Å². The van der Waals surface area contributed by atoms with Gasteiger partial charge in [-0.15, -0.1) is 0 Å². The monoisotopic (exact) mass is 371 g/mol. The van der Waals surface area contributed by atoms with Crippen LogP contribution in [0.1, 0.15) is 103 Å². The second-order valence-corrected chi connectivity index (χ2v) is 10.6.